The van der Waals surface area contributed by atoms with Gasteiger partial charge in [-0.1, -0.05) is 51.9 Å². The van der Waals surface area contributed by atoms with Crippen molar-refractivity contribution in [1.82, 2.24) is 0 Å². The monoisotopic (exact) mass is 223 g/mol. The quantitative estimate of drug-likeness (QED) is 0.471. The maximum atomic E-state index is 9.16. The molecule has 0 unspecified atom stereocenters. The summed E-state index contributed by atoms with van der Waals surface area (Å²) in [5, 5.41) is 9.16. The van der Waals surface area contributed by atoms with Gasteiger partial charge in [0.1, 0.15) is 0 Å². The van der Waals surface area contributed by atoms with E-state index in [4.69, 9.17) is 5.26 Å². The molecule has 1 nitrogen and oxygen atoms in total. The number of nitrogens with zero attached hydrogens (tertiary/aromatic N) is 1. The third-order valence-corrected chi connectivity index (χ3v) is 3.84. The molecule has 0 saturated heterocycles. The van der Waals surface area contributed by atoms with Crippen LogP contribution < -0.4 is 0 Å². The standard InChI is InChI=1S/C13H25NSi/c1-6-8-12(10-14)13(9-7-2)11-15(3,4)5/h6-9,11H2,1-5H3/b13-12-. The van der Waals surface area contributed by atoms with Crippen LogP contribution in [0.3, 0.4) is 0 Å². The predicted molar refractivity (Wildman–Crippen MR) is 70.6 cm³/mol. The molecule has 0 fully saturated rings. The molecule has 86 valence electrons. The summed E-state index contributed by atoms with van der Waals surface area (Å²) in [6.45, 7) is 11.5. The Morgan fingerprint density at radius 2 is 1.60 bits per heavy atom. The summed E-state index contributed by atoms with van der Waals surface area (Å²) in [4.78, 5) is 0. The number of allylic oxidation sites excluding steroid dienone is 2. The maximum Gasteiger partial charge on any atom is 0.0946 e. The molecular weight excluding hydrogens is 198 g/mol. The summed E-state index contributed by atoms with van der Waals surface area (Å²) in [5.41, 5.74) is 2.52. The first-order valence-corrected chi connectivity index (χ1v) is 9.76. The fraction of sp³-hybridized carbons (Fsp3) is 0.769. The van der Waals surface area contributed by atoms with Gasteiger partial charge in [0.05, 0.1) is 6.07 Å². The van der Waals surface area contributed by atoms with Crippen LogP contribution >= 0.6 is 0 Å². The molecule has 0 aliphatic rings. The fourth-order valence-electron chi connectivity index (χ4n) is 1.85. The van der Waals surface area contributed by atoms with Gasteiger partial charge in [-0.3, -0.25) is 0 Å². The second-order valence-electron chi connectivity index (χ2n) is 5.43. The Bertz CT molecular complexity index is 253. The average molecular weight is 223 g/mol. The summed E-state index contributed by atoms with van der Waals surface area (Å²) in [5.74, 6) is 0. The second kappa shape index (κ2) is 6.84. The minimum atomic E-state index is -1.07. The highest BCUT2D eigenvalue weighted by Crippen LogP contribution is 2.25. The first kappa shape index (κ1) is 14.4. The van der Waals surface area contributed by atoms with Crippen LogP contribution in [-0.4, -0.2) is 8.07 Å². The van der Waals surface area contributed by atoms with E-state index in [0.717, 1.165) is 31.3 Å². The van der Waals surface area contributed by atoms with Crippen LogP contribution in [0.25, 0.3) is 0 Å². The van der Waals surface area contributed by atoms with Crippen LogP contribution in [0.5, 0.6) is 0 Å². The average Bonchev–Trinajstić information content (AvgIpc) is 2.11. The maximum absolute atomic E-state index is 9.16. The third-order valence-electron chi connectivity index (χ3n) is 2.36. The molecule has 15 heavy (non-hydrogen) atoms. The van der Waals surface area contributed by atoms with Gasteiger partial charge >= 0.3 is 0 Å². The molecule has 0 heterocycles. The van der Waals surface area contributed by atoms with E-state index in [0.29, 0.717) is 0 Å². The highest BCUT2D eigenvalue weighted by Gasteiger charge is 2.17. The first-order valence-electron chi connectivity index (χ1n) is 6.05. The lowest BCUT2D eigenvalue weighted by Gasteiger charge is -2.19. The van der Waals surface area contributed by atoms with Crippen LogP contribution in [0.1, 0.15) is 39.5 Å². The lowest BCUT2D eigenvalue weighted by molar-refractivity contribution is 0.851. The molecule has 0 saturated carbocycles. The van der Waals surface area contributed by atoms with Gasteiger partial charge < -0.3 is 0 Å². The molecule has 0 atom stereocenters. The second-order valence-corrected chi connectivity index (χ2v) is 10.9. The lowest BCUT2D eigenvalue weighted by atomic mass is 10.0. The van der Waals surface area contributed by atoms with Gasteiger partial charge in [-0.15, -0.1) is 0 Å². The Morgan fingerprint density at radius 1 is 1.07 bits per heavy atom. The van der Waals surface area contributed by atoms with E-state index in [1.807, 2.05) is 0 Å². The SMILES string of the molecule is CCC/C(C#N)=C(\CCC)C[Si](C)(C)C. The van der Waals surface area contributed by atoms with Crippen LogP contribution in [0.2, 0.25) is 25.7 Å². The molecule has 0 bridgehead atoms. The van der Waals surface area contributed by atoms with Gasteiger partial charge in [0, 0.05) is 13.6 Å². The van der Waals surface area contributed by atoms with Gasteiger partial charge in [-0.05, 0) is 18.9 Å². The predicted octanol–water partition coefficient (Wildman–Crippen LogP) is 4.74. The van der Waals surface area contributed by atoms with Crippen molar-refractivity contribution in [3.63, 3.8) is 0 Å². The zero-order valence-corrected chi connectivity index (χ0v) is 12.0. The van der Waals surface area contributed by atoms with Gasteiger partial charge in [0.15, 0.2) is 0 Å². The molecule has 0 radical (unpaired) electrons. The molecule has 0 aliphatic carbocycles. The van der Waals surface area contributed by atoms with Crippen molar-refractivity contribution in [3.05, 3.63) is 11.1 Å². The Hall–Kier alpha value is -0.553. The molecule has 0 amide bonds. The van der Waals surface area contributed by atoms with E-state index in [-0.39, 0.29) is 0 Å². The van der Waals surface area contributed by atoms with Gasteiger partial charge in [0.2, 0.25) is 0 Å². The van der Waals surface area contributed by atoms with Crippen LogP contribution in [-0.2, 0) is 0 Å². The Balaban J connectivity index is 4.82. The molecule has 0 aromatic heterocycles. The summed E-state index contributed by atoms with van der Waals surface area (Å²) in [7, 11) is -1.07. The minimum absolute atomic E-state index is 0.969. The highest BCUT2D eigenvalue weighted by molar-refractivity contribution is 6.76. The van der Waals surface area contributed by atoms with E-state index < -0.39 is 8.07 Å². The number of nitriles is 1. The van der Waals surface area contributed by atoms with Crippen LogP contribution in [0, 0.1) is 11.3 Å². The fourth-order valence-corrected chi connectivity index (χ4v) is 3.52. The number of hydrogen-bond acceptors (Lipinski definition) is 1. The molecule has 0 aromatic rings. The molecule has 0 aromatic carbocycles. The van der Waals surface area contributed by atoms with E-state index in [1.54, 1.807) is 0 Å². The van der Waals surface area contributed by atoms with Crippen molar-refractivity contribution < 1.29 is 0 Å². The lowest BCUT2D eigenvalue weighted by Crippen LogP contribution is -2.20. The van der Waals surface area contributed by atoms with Crippen molar-refractivity contribution in [2.24, 2.45) is 0 Å². The Morgan fingerprint density at radius 3 is 1.93 bits per heavy atom. The van der Waals surface area contributed by atoms with E-state index in [1.165, 1.54) is 11.6 Å². The zero-order valence-electron chi connectivity index (χ0n) is 11.0. The first-order chi connectivity index (χ1) is 6.94. The van der Waals surface area contributed by atoms with Crippen molar-refractivity contribution >= 4 is 8.07 Å². The number of rotatable bonds is 6. The normalized spacial score (nSPS) is 13.3. The van der Waals surface area contributed by atoms with E-state index in [2.05, 4.69) is 39.6 Å². The number of hydrogen-bond donors (Lipinski definition) is 0. The third kappa shape index (κ3) is 6.51. The Labute approximate surface area is 96.2 Å². The molecule has 0 aliphatic heterocycles. The van der Waals surface area contributed by atoms with E-state index in [9.17, 15) is 0 Å². The topological polar surface area (TPSA) is 23.8 Å². The van der Waals surface area contributed by atoms with Crippen molar-refractivity contribution in [1.29, 1.82) is 5.26 Å². The van der Waals surface area contributed by atoms with E-state index >= 15 is 0 Å². The van der Waals surface area contributed by atoms with Crippen LogP contribution in [0.4, 0.5) is 0 Å². The van der Waals surface area contributed by atoms with Gasteiger partial charge in [-0.25, -0.2) is 0 Å². The molecule has 0 rings (SSSR count). The molecular formula is C13H25NSi. The van der Waals surface area contributed by atoms with Gasteiger partial charge in [-0.2, -0.15) is 5.26 Å². The summed E-state index contributed by atoms with van der Waals surface area (Å²) in [6.07, 6.45) is 4.33. The summed E-state index contributed by atoms with van der Waals surface area (Å²) >= 11 is 0. The zero-order chi connectivity index (χ0) is 11.9. The molecule has 2 heteroatoms. The van der Waals surface area contributed by atoms with Crippen molar-refractivity contribution in [2.45, 2.75) is 65.2 Å². The van der Waals surface area contributed by atoms with Gasteiger partial charge in [0.25, 0.3) is 0 Å². The van der Waals surface area contributed by atoms with Crippen molar-refractivity contribution in [3.8, 4) is 6.07 Å². The molecule has 0 spiro atoms. The summed E-state index contributed by atoms with van der Waals surface area (Å²) < 4.78 is 0. The molecule has 0 N–H and O–H groups in total. The largest absolute Gasteiger partial charge is 0.193 e. The van der Waals surface area contributed by atoms with Crippen LogP contribution in [0.15, 0.2) is 11.1 Å². The highest BCUT2D eigenvalue weighted by atomic mass is 28.3. The smallest absolute Gasteiger partial charge is 0.0946 e. The Kier molecular flexibility index (Phi) is 6.59. The van der Waals surface area contributed by atoms with Crippen molar-refractivity contribution in [2.75, 3.05) is 0 Å². The summed E-state index contributed by atoms with van der Waals surface area (Å²) in [6, 6.07) is 3.61. The minimum Gasteiger partial charge on any atom is -0.193 e.